The number of halogens is 1. The molecule has 1 rings (SSSR count). The first-order chi connectivity index (χ1) is 6.61. The second-order valence-electron chi connectivity index (χ2n) is 2.95. The quantitative estimate of drug-likeness (QED) is 0.828. The number of nitrogens with one attached hydrogen (secondary N) is 1. The van der Waals surface area contributed by atoms with Crippen LogP contribution in [0.3, 0.4) is 0 Å². The SMILES string of the molecule is CCNC(=O)c1c(Cl)c(CC)nn1C. The summed E-state index contributed by atoms with van der Waals surface area (Å²) in [5.74, 6) is -0.174. The zero-order chi connectivity index (χ0) is 10.7. The summed E-state index contributed by atoms with van der Waals surface area (Å²) >= 11 is 6.02. The van der Waals surface area contributed by atoms with Crippen molar-refractivity contribution in [2.24, 2.45) is 7.05 Å². The van der Waals surface area contributed by atoms with Crippen molar-refractivity contribution in [3.8, 4) is 0 Å². The summed E-state index contributed by atoms with van der Waals surface area (Å²) in [5.41, 5.74) is 1.20. The maximum atomic E-state index is 11.6. The Kier molecular flexibility index (Phi) is 3.52. The fraction of sp³-hybridized carbons (Fsp3) is 0.556. The van der Waals surface area contributed by atoms with Crippen LogP contribution in [0.25, 0.3) is 0 Å². The molecule has 1 aromatic rings. The molecular weight excluding hydrogens is 202 g/mol. The maximum absolute atomic E-state index is 11.6. The highest BCUT2D eigenvalue weighted by Gasteiger charge is 2.18. The van der Waals surface area contributed by atoms with Crippen LogP contribution in [0.15, 0.2) is 0 Å². The van der Waals surface area contributed by atoms with E-state index in [1.54, 1.807) is 7.05 Å². The Bertz CT molecular complexity index is 346. The van der Waals surface area contributed by atoms with Gasteiger partial charge in [-0.1, -0.05) is 18.5 Å². The smallest absolute Gasteiger partial charge is 0.271 e. The van der Waals surface area contributed by atoms with E-state index in [0.717, 1.165) is 12.1 Å². The van der Waals surface area contributed by atoms with Crippen molar-refractivity contribution < 1.29 is 4.79 Å². The third-order valence-corrected chi connectivity index (χ3v) is 2.34. The van der Waals surface area contributed by atoms with Crippen molar-refractivity contribution in [3.05, 3.63) is 16.4 Å². The van der Waals surface area contributed by atoms with Gasteiger partial charge in [-0.2, -0.15) is 5.10 Å². The van der Waals surface area contributed by atoms with Gasteiger partial charge < -0.3 is 5.32 Å². The topological polar surface area (TPSA) is 46.9 Å². The van der Waals surface area contributed by atoms with E-state index < -0.39 is 0 Å². The lowest BCUT2D eigenvalue weighted by Crippen LogP contribution is -2.25. The van der Waals surface area contributed by atoms with Crippen LogP contribution in [0, 0.1) is 0 Å². The fourth-order valence-electron chi connectivity index (χ4n) is 1.27. The first-order valence-corrected chi connectivity index (χ1v) is 4.99. The van der Waals surface area contributed by atoms with Gasteiger partial charge in [-0.3, -0.25) is 9.48 Å². The van der Waals surface area contributed by atoms with E-state index in [1.165, 1.54) is 4.68 Å². The molecule has 1 aromatic heterocycles. The third kappa shape index (κ3) is 1.90. The average molecular weight is 216 g/mol. The Labute approximate surface area is 88.2 Å². The number of aromatic nitrogens is 2. The van der Waals surface area contributed by atoms with Crippen LogP contribution in [-0.4, -0.2) is 22.2 Å². The predicted octanol–water partition coefficient (Wildman–Crippen LogP) is 1.39. The van der Waals surface area contributed by atoms with E-state index in [0.29, 0.717) is 17.3 Å². The number of nitrogens with zero attached hydrogens (tertiary/aromatic N) is 2. The predicted molar refractivity (Wildman–Crippen MR) is 55.6 cm³/mol. The standard InChI is InChI=1S/C9H14ClN3O/c1-4-6-7(10)8(13(3)12-6)9(14)11-5-2/h4-5H2,1-3H3,(H,11,14). The normalized spacial score (nSPS) is 10.3. The molecule has 78 valence electrons. The molecule has 4 nitrogen and oxygen atoms in total. The molecule has 0 aromatic carbocycles. The Morgan fingerprint density at radius 3 is 2.64 bits per heavy atom. The van der Waals surface area contributed by atoms with E-state index in [2.05, 4.69) is 10.4 Å². The molecule has 0 bridgehead atoms. The van der Waals surface area contributed by atoms with Crippen molar-refractivity contribution in [3.63, 3.8) is 0 Å². The molecule has 0 aliphatic carbocycles. The zero-order valence-corrected chi connectivity index (χ0v) is 9.35. The molecule has 5 heteroatoms. The number of carbonyl (C=O) groups is 1. The number of carbonyl (C=O) groups excluding carboxylic acids is 1. The molecule has 0 fully saturated rings. The molecular formula is C9H14ClN3O. The minimum Gasteiger partial charge on any atom is -0.351 e. The van der Waals surface area contributed by atoms with Crippen molar-refractivity contribution in [1.29, 1.82) is 0 Å². The Hall–Kier alpha value is -1.03. The lowest BCUT2D eigenvalue weighted by molar-refractivity contribution is 0.0946. The highest BCUT2D eigenvalue weighted by molar-refractivity contribution is 6.34. The van der Waals surface area contributed by atoms with E-state index in [9.17, 15) is 4.79 Å². The minimum absolute atomic E-state index is 0.174. The number of rotatable bonds is 3. The molecule has 0 unspecified atom stereocenters. The van der Waals surface area contributed by atoms with Crippen molar-refractivity contribution in [2.75, 3.05) is 6.54 Å². The zero-order valence-electron chi connectivity index (χ0n) is 8.59. The van der Waals surface area contributed by atoms with Gasteiger partial charge in [-0.25, -0.2) is 0 Å². The number of aryl methyl sites for hydroxylation is 2. The molecule has 1 N–H and O–H groups in total. The highest BCUT2D eigenvalue weighted by Crippen LogP contribution is 2.20. The summed E-state index contributed by atoms with van der Waals surface area (Å²) in [4.78, 5) is 11.6. The van der Waals surface area contributed by atoms with Gasteiger partial charge in [-0.15, -0.1) is 0 Å². The molecule has 0 spiro atoms. The third-order valence-electron chi connectivity index (χ3n) is 1.94. The molecule has 1 heterocycles. The molecule has 14 heavy (non-hydrogen) atoms. The number of hydrogen-bond donors (Lipinski definition) is 1. The van der Waals surface area contributed by atoms with Crippen molar-refractivity contribution in [2.45, 2.75) is 20.3 Å². The van der Waals surface area contributed by atoms with E-state index in [1.807, 2.05) is 13.8 Å². The van der Waals surface area contributed by atoms with Gasteiger partial charge in [0, 0.05) is 13.6 Å². The maximum Gasteiger partial charge on any atom is 0.271 e. The van der Waals surface area contributed by atoms with Crippen LogP contribution < -0.4 is 5.32 Å². The van der Waals surface area contributed by atoms with Crippen LogP contribution in [0.5, 0.6) is 0 Å². The van der Waals surface area contributed by atoms with Gasteiger partial charge in [0.2, 0.25) is 0 Å². The Balaban J connectivity index is 3.07. The largest absolute Gasteiger partial charge is 0.351 e. The molecule has 0 saturated heterocycles. The van der Waals surface area contributed by atoms with Gasteiger partial charge in [0.1, 0.15) is 5.69 Å². The lowest BCUT2D eigenvalue weighted by atomic mass is 10.3. The van der Waals surface area contributed by atoms with Crippen LogP contribution in [-0.2, 0) is 13.5 Å². The minimum atomic E-state index is -0.174. The summed E-state index contributed by atoms with van der Waals surface area (Å²) in [6, 6.07) is 0. The first kappa shape index (κ1) is 11.0. The van der Waals surface area contributed by atoms with E-state index in [4.69, 9.17) is 11.6 Å². The van der Waals surface area contributed by atoms with Crippen LogP contribution in [0.2, 0.25) is 5.02 Å². The van der Waals surface area contributed by atoms with Gasteiger partial charge in [0.05, 0.1) is 10.7 Å². The first-order valence-electron chi connectivity index (χ1n) is 4.61. The lowest BCUT2D eigenvalue weighted by Gasteiger charge is -2.02. The molecule has 0 aliphatic rings. The van der Waals surface area contributed by atoms with Crippen LogP contribution in [0.4, 0.5) is 0 Å². The number of amides is 1. The van der Waals surface area contributed by atoms with Gasteiger partial charge in [0.15, 0.2) is 0 Å². The van der Waals surface area contributed by atoms with Crippen molar-refractivity contribution in [1.82, 2.24) is 15.1 Å². The van der Waals surface area contributed by atoms with Crippen LogP contribution >= 0.6 is 11.6 Å². The molecule has 0 atom stereocenters. The summed E-state index contributed by atoms with van der Waals surface area (Å²) in [6.07, 6.45) is 0.728. The second-order valence-corrected chi connectivity index (χ2v) is 3.32. The number of hydrogen-bond acceptors (Lipinski definition) is 2. The van der Waals surface area contributed by atoms with Gasteiger partial charge in [0.25, 0.3) is 5.91 Å². The second kappa shape index (κ2) is 4.46. The Morgan fingerprint density at radius 1 is 1.57 bits per heavy atom. The van der Waals surface area contributed by atoms with Crippen LogP contribution in [0.1, 0.15) is 30.0 Å². The van der Waals surface area contributed by atoms with Gasteiger partial charge in [-0.05, 0) is 13.3 Å². The molecule has 0 radical (unpaired) electrons. The van der Waals surface area contributed by atoms with E-state index >= 15 is 0 Å². The van der Waals surface area contributed by atoms with Gasteiger partial charge >= 0.3 is 0 Å². The summed E-state index contributed by atoms with van der Waals surface area (Å²) < 4.78 is 1.52. The molecule has 0 aliphatic heterocycles. The summed E-state index contributed by atoms with van der Waals surface area (Å²) in [6.45, 7) is 4.40. The Morgan fingerprint density at radius 2 is 2.21 bits per heavy atom. The molecule has 0 saturated carbocycles. The summed E-state index contributed by atoms with van der Waals surface area (Å²) in [7, 11) is 1.72. The summed E-state index contributed by atoms with van der Waals surface area (Å²) in [5, 5.41) is 7.31. The van der Waals surface area contributed by atoms with E-state index in [-0.39, 0.29) is 5.91 Å². The monoisotopic (exact) mass is 215 g/mol. The van der Waals surface area contributed by atoms with Crippen molar-refractivity contribution >= 4 is 17.5 Å². The average Bonchev–Trinajstić information content (AvgIpc) is 2.41. The highest BCUT2D eigenvalue weighted by atomic mass is 35.5. The fourth-order valence-corrected chi connectivity index (χ4v) is 1.65. The molecule has 1 amide bonds.